The third-order valence-electron chi connectivity index (χ3n) is 1.58. The summed E-state index contributed by atoms with van der Waals surface area (Å²) in [5, 5.41) is 0. The van der Waals surface area contributed by atoms with E-state index >= 15 is 0 Å². The van der Waals surface area contributed by atoms with Crippen molar-refractivity contribution in [2.75, 3.05) is 19.8 Å². The highest BCUT2D eigenvalue weighted by molar-refractivity contribution is 9.11. The number of alkyl halides is 7. The van der Waals surface area contributed by atoms with Crippen molar-refractivity contribution in [2.45, 2.75) is 23.8 Å². The molecule has 5 nitrogen and oxygen atoms in total. The normalized spacial score (nSPS) is 14.9. The van der Waals surface area contributed by atoms with Gasteiger partial charge in [-0.05, 0) is 6.92 Å². The first kappa shape index (κ1) is 20.7. The van der Waals surface area contributed by atoms with E-state index in [4.69, 9.17) is 0 Å². The second kappa shape index (κ2) is 7.80. The summed E-state index contributed by atoms with van der Waals surface area (Å²) in [4.78, 5) is 11.3. The van der Waals surface area contributed by atoms with Crippen LogP contribution in [0.1, 0.15) is 6.92 Å². The van der Waals surface area contributed by atoms with Crippen molar-refractivity contribution in [1.82, 2.24) is 0 Å². The number of rotatable bonds is 7. The molecule has 0 aromatic rings. The summed E-state index contributed by atoms with van der Waals surface area (Å²) < 4.78 is 94.0. The fraction of sp³-hybridized carbons (Fsp3) is 0.875. The Labute approximate surface area is 123 Å². The van der Waals surface area contributed by atoms with Crippen molar-refractivity contribution in [2.24, 2.45) is 0 Å². The van der Waals surface area contributed by atoms with Crippen LogP contribution < -0.4 is 0 Å². The van der Waals surface area contributed by atoms with Gasteiger partial charge in [0.1, 0.15) is 0 Å². The number of carbonyl (C=O) groups is 1. The maximum absolute atomic E-state index is 12.0. The fourth-order valence-corrected chi connectivity index (χ4v) is 3.00. The molecule has 13 heteroatoms. The molecule has 0 radical (unpaired) electrons. The molecule has 0 fully saturated rings. The molecule has 0 rings (SSSR count). The van der Waals surface area contributed by atoms with E-state index in [1.54, 1.807) is 0 Å². The summed E-state index contributed by atoms with van der Waals surface area (Å²) in [6.45, 7) is -3.21. The van der Waals surface area contributed by atoms with Crippen LogP contribution in [0.4, 0.5) is 26.3 Å². The molecule has 21 heavy (non-hydrogen) atoms. The highest BCUT2D eigenvalue weighted by Gasteiger charge is 2.46. The molecule has 0 saturated heterocycles. The lowest BCUT2D eigenvalue weighted by atomic mass is 10.7. The number of carbonyl (C=O) groups excluding carboxylic acids is 1. The number of hydrogen-bond donors (Lipinski definition) is 0. The Morgan fingerprint density at radius 2 is 1.48 bits per heavy atom. The van der Waals surface area contributed by atoms with Gasteiger partial charge in [-0.15, -0.1) is 0 Å². The molecule has 0 aromatic heterocycles. The van der Waals surface area contributed by atoms with Gasteiger partial charge >= 0.3 is 25.9 Å². The van der Waals surface area contributed by atoms with Crippen LogP contribution in [0.25, 0.3) is 0 Å². The highest BCUT2D eigenvalue weighted by Crippen LogP contribution is 2.57. The fourth-order valence-electron chi connectivity index (χ4n) is 0.835. The number of halogens is 7. The van der Waals surface area contributed by atoms with Gasteiger partial charge in [-0.2, -0.15) is 26.3 Å². The van der Waals surface area contributed by atoms with Gasteiger partial charge in [-0.25, -0.2) is 0 Å². The zero-order valence-electron chi connectivity index (χ0n) is 10.3. The van der Waals surface area contributed by atoms with Gasteiger partial charge in [-0.3, -0.25) is 18.4 Å². The molecule has 0 saturated carbocycles. The monoisotopic (exact) mass is 410 g/mol. The van der Waals surface area contributed by atoms with Crippen LogP contribution in [0.5, 0.6) is 0 Å². The Bertz CT molecular complexity index is 376. The Balaban J connectivity index is 5.06. The molecule has 0 amide bonds. The topological polar surface area (TPSA) is 61.8 Å². The maximum Gasteiger partial charge on any atom is 0.412 e. The SMILES string of the molecule is CCOC(=O)C(Br)P(=O)(OCC(F)(F)F)OCC(F)(F)F. The third kappa shape index (κ3) is 8.64. The van der Waals surface area contributed by atoms with Crippen LogP contribution in [0.3, 0.4) is 0 Å². The molecule has 1 unspecified atom stereocenters. The number of ether oxygens (including phenoxy) is 1. The summed E-state index contributed by atoms with van der Waals surface area (Å²) in [5.74, 6) is -1.37. The van der Waals surface area contributed by atoms with Crippen molar-refractivity contribution >= 4 is 29.5 Å². The Kier molecular flexibility index (Phi) is 7.68. The van der Waals surface area contributed by atoms with Gasteiger partial charge in [0.25, 0.3) is 0 Å². The molecule has 0 bridgehead atoms. The van der Waals surface area contributed by atoms with E-state index in [9.17, 15) is 35.7 Å². The number of esters is 1. The predicted molar refractivity (Wildman–Crippen MR) is 61.0 cm³/mol. The van der Waals surface area contributed by atoms with Crippen molar-refractivity contribution < 1.29 is 49.5 Å². The zero-order valence-corrected chi connectivity index (χ0v) is 12.8. The molecule has 0 aromatic carbocycles. The average molecular weight is 411 g/mol. The van der Waals surface area contributed by atoms with Gasteiger partial charge in [0.2, 0.25) is 4.57 Å². The van der Waals surface area contributed by atoms with Crippen LogP contribution in [0.15, 0.2) is 0 Å². The van der Waals surface area contributed by atoms with Crippen LogP contribution in [0.2, 0.25) is 0 Å². The van der Waals surface area contributed by atoms with Gasteiger partial charge in [-0.1, -0.05) is 15.9 Å². The maximum atomic E-state index is 12.0. The summed E-state index contributed by atoms with van der Waals surface area (Å²) in [6.07, 6.45) is -9.95. The van der Waals surface area contributed by atoms with Crippen LogP contribution >= 0.6 is 23.5 Å². The van der Waals surface area contributed by atoms with Gasteiger partial charge < -0.3 is 4.74 Å². The predicted octanol–water partition coefficient (Wildman–Crippen LogP) is 3.62. The molecule has 0 aliphatic carbocycles. The largest absolute Gasteiger partial charge is 0.465 e. The molecule has 0 N–H and O–H groups in total. The van der Waals surface area contributed by atoms with Crippen molar-refractivity contribution in [3.05, 3.63) is 0 Å². The lowest BCUT2D eigenvalue weighted by Gasteiger charge is -2.23. The second-order valence-electron chi connectivity index (χ2n) is 3.40. The Morgan fingerprint density at radius 1 is 1.10 bits per heavy atom. The lowest BCUT2D eigenvalue weighted by molar-refractivity contribution is -0.166. The molecule has 0 aliphatic rings. The van der Waals surface area contributed by atoms with E-state index in [0.29, 0.717) is 0 Å². The molecular weight excluding hydrogens is 401 g/mol. The van der Waals surface area contributed by atoms with E-state index < -0.39 is 43.7 Å². The molecule has 1 atom stereocenters. The molecular formula is C8H10BrF6O5P. The minimum atomic E-state index is -5.09. The quantitative estimate of drug-likeness (QED) is 0.277. The first-order valence-electron chi connectivity index (χ1n) is 5.14. The molecule has 126 valence electrons. The minimum absolute atomic E-state index is 0.237. The Hall–Kier alpha value is -0.320. The standard InChI is InChI=1S/C8H10BrF6O5P/c1-2-18-6(16)5(9)21(17,19-3-7(10,11)12)20-4-8(13,14)15/h5H,2-4H2,1H3. The summed E-state index contributed by atoms with van der Waals surface area (Å²) >= 11 is 2.38. The van der Waals surface area contributed by atoms with Crippen molar-refractivity contribution in [3.63, 3.8) is 0 Å². The van der Waals surface area contributed by atoms with Gasteiger partial charge in [0.15, 0.2) is 13.2 Å². The first-order chi connectivity index (χ1) is 9.31. The summed E-state index contributed by atoms with van der Waals surface area (Å²) in [7, 11) is -5.09. The average Bonchev–Trinajstić information content (AvgIpc) is 2.31. The van der Waals surface area contributed by atoms with E-state index in [1.165, 1.54) is 6.92 Å². The second-order valence-corrected chi connectivity index (χ2v) is 7.14. The van der Waals surface area contributed by atoms with Gasteiger partial charge in [0.05, 0.1) is 6.61 Å². The Morgan fingerprint density at radius 3 is 1.76 bits per heavy atom. The van der Waals surface area contributed by atoms with Gasteiger partial charge in [0, 0.05) is 0 Å². The van der Waals surface area contributed by atoms with Crippen LogP contribution in [-0.2, 0) is 23.1 Å². The minimum Gasteiger partial charge on any atom is -0.465 e. The smallest absolute Gasteiger partial charge is 0.412 e. The summed E-state index contributed by atoms with van der Waals surface area (Å²) in [6, 6.07) is 0. The number of hydrogen-bond acceptors (Lipinski definition) is 5. The van der Waals surface area contributed by atoms with E-state index in [0.717, 1.165) is 0 Å². The molecule has 0 spiro atoms. The van der Waals surface area contributed by atoms with Crippen molar-refractivity contribution in [1.29, 1.82) is 0 Å². The molecule has 0 aliphatic heterocycles. The van der Waals surface area contributed by atoms with E-state index in [-0.39, 0.29) is 6.61 Å². The first-order valence-corrected chi connectivity index (χ1v) is 7.66. The third-order valence-corrected chi connectivity index (χ3v) is 5.20. The zero-order chi connectivity index (χ0) is 16.9. The van der Waals surface area contributed by atoms with Crippen LogP contribution in [-0.4, -0.2) is 42.7 Å². The summed E-state index contributed by atoms with van der Waals surface area (Å²) in [5.41, 5.74) is 0. The van der Waals surface area contributed by atoms with Crippen LogP contribution in [0, 0.1) is 0 Å². The van der Waals surface area contributed by atoms with E-state index in [2.05, 4.69) is 29.7 Å². The van der Waals surface area contributed by atoms with E-state index in [1.807, 2.05) is 0 Å². The lowest BCUT2D eigenvalue weighted by Crippen LogP contribution is -2.26. The molecule has 0 heterocycles. The van der Waals surface area contributed by atoms with Crippen molar-refractivity contribution in [3.8, 4) is 0 Å². The highest BCUT2D eigenvalue weighted by atomic mass is 79.9.